The molecule has 25 heavy (non-hydrogen) atoms. The van der Waals surface area contributed by atoms with Crippen LogP contribution in [-0.2, 0) is 4.74 Å². The number of aliphatic hydroxyl groups excluding tert-OH is 1. The van der Waals surface area contributed by atoms with Crippen LogP contribution in [0.2, 0.25) is 0 Å². The molecule has 0 unspecified atom stereocenters. The summed E-state index contributed by atoms with van der Waals surface area (Å²) in [5.41, 5.74) is 1.42. The van der Waals surface area contributed by atoms with Crippen LogP contribution < -0.4 is 9.47 Å². The molecule has 2 aliphatic heterocycles. The molecule has 7 heteroatoms. The van der Waals surface area contributed by atoms with Gasteiger partial charge in [0, 0.05) is 12.0 Å². The van der Waals surface area contributed by atoms with Gasteiger partial charge in [0.05, 0.1) is 25.9 Å². The Bertz CT molecular complexity index is 682. The van der Waals surface area contributed by atoms with Gasteiger partial charge in [-0.15, -0.1) is 12.4 Å². The fourth-order valence-corrected chi connectivity index (χ4v) is 4.80. The van der Waals surface area contributed by atoms with Crippen LogP contribution in [0.25, 0.3) is 0 Å². The van der Waals surface area contributed by atoms with Gasteiger partial charge < -0.3 is 24.2 Å². The number of rotatable bonds is 2. The lowest BCUT2D eigenvalue weighted by Crippen LogP contribution is -2.54. The summed E-state index contributed by atoms with van der Waals surface area (Å²) in [4.78, 5) is 14.8. The van der Waals surface area contributed by atoms with Crippen molar-refractivity contribution in [1.82, 2.24) is 4.90 Å². The van der Waals surface area contributed by atoms with Crippen LogP contribution in [0.5, 0.6) is 11.5 Å². The molecule has 4 rings (SSSR count). The average molecular weight is 370 g/mol. The Labute approximate surface area is 153 Å². The van der Waals surface area contributed by atoms with Gasteiger partial charge in [0.2, 0.25) is 0 Å². The lowest BCUT2D eigenvalue weighted by atomic mass is 9.69. The number of nitrogens with zero attached hydrogens (tertiary/aromatic N) is 1. The molecular weight excluding hydrogens is 346 g/mol. The van der Waals surface area contributed by atoms with Crippen molar-refractivity contribution in [2.75, 3.05) is 27.8 Å². The Kier molecular flexibility index (Phi) is 4.88. The van der Waals surface area contributed by atoms with Crippen molar-refractivity contribution >= 4 is 18.4 Å². The van der Waals surface area contributed by atoms with Crippen molar-refractivity contribution in [2.45, 2.75) is 37.0 Å². The number of fused-ring (bicyclic) bond motifs is 5. The number of carbonyl (C=O) groups excluding carboxylic acids is 1. The summed E-state index contributed by atoms with van der Waals surface area (Å²) in [7, 11) is 5.24. The SMILES string of the molecule is COc1cc2c(cc1OC)[C@@H]1[C@@H](OC2=O)[C@@H](O)C[C@H]2CCN(C)[C@H]21.Cl. The molecule has 138 valence electrons. The van der Waals surface area contributed by atoms with E-state index in [1.807, 2.05) is 6.07 Å². The third kappa shape index (κ3) is 2.67. The van der Waals surface area contributed by atoms with Crippen molar-refractivity contribution in [3.8, 4) is 11.5 Å². The highest BCUT2D eigenvalue weighted by Crippen LogP contribution is 2.50. The number of hydrogen-bond donors (Lipinski definition) is 1. The van der Waals surface area contributed by atoms with Crippen LogP contribution in [-0.4, -0.2) is 62.0 Å². The largest absolute Gasteiger partial charge is 0.493 e. The van der Waals surface area contributed by atoms with E-state index in [4.69, 9.17) is 14.2 Å². The molecule has 0 radical (unpaired) electrons. The van der Waals surface area contributed by atoms with E-state index < -0.39 is 18.2 Å². The molecule has 1 N–H and O–H groups in total. The highest BCUT2D eigenvalue weighted by atomic mass is 35.5. The summed E-state index contributed by atoms with van der Waals surface area (Å²) < 4.78 is 16.4. The minimum absolute atomic E-state index is 0. The number of likely N-dealkylation sites (N-methyl/N-ethyl adjacent to an activating group) is 1. The maximum absolute atomic E-state index is 12.5. The quantitative estimate of drug-likeness (QED) is 0.802. The first-order valence-electron chi connectivity index (χ1n) is 8.40. The summed E-state index contributed by atoms with van der Waals surface area (Å²) in [5.74, 6) is 1.09. The van der Waals surface area contributed by atoms with E-state index in [1.54, 1.807) is 20.3 Å². The number of ether oxygens (including phenoxy) is 3. The minimum atomic E-state index is -0.618. The smallest absolute Gasteiger partial charge is 0.338 e. The molecule has 0 aromatic heterocycles. The van der Waals surface area contributed by atoms with Crippen molar-refractivity contribution in [3.05, 3.63) is 23.3 Å². The highest BCUT2D eigenvalue weighted by Gasteiger charge is 2.53. The van der Waals surface area contributed by atoms with Gasteiger partial charge in [-0.25, -0.2) is 4.79 Å². The van der Waals surface area contributed by atoms with Crippen molar-refractivity contribution in [1.29, 1.82) is 0 Å². The number of esters is 1. The Hall–Kier alpha value is -1.50. The van der Waals surface area contributed by atoms with Gasteiger partial charge in [-0.05, 0) is 50.0 Å². The Balaban J connectivity index is 0.00000182. The van der Waals surface area contributed by atoms with E-state index in [1.165, 1.54) is 0 Å². The zero-order chi connectivity index (χ0) is 17.0. The second-order valence-corrected chi connectivity index (χ2v) is 7.01. The van der Waals surface area contributed by atoms with Gasteiger partial charge in [0.1, 0.15) is 6.10 Å². The van der Waals surface area contributed by atoms with Gasteiger partial charge in [0.25, 0.3) is 0 Å². The Morgan fingerprint density at radius 2 is 1.92 bits per heavy atom. The molecule has 1 saturated heterocycles. The molecule has 2 heterocycles. The van der Waals surface area contributed by atoms with Crippen LogP contribution in [0.3, 0.4) is 0 Å². The van der Waals surface area contributed by atoms with Crippen LogP contribution in [0.1, 0.15) is 34.7 Å². The van der Waals surface area contributed by atoms with Gasteiger partial charge >= 0.3 is 5.97 Å². The van der Waals surface area contributed by atoms with Crippen molar-refractivity contribution in [2.24, 2.45) is 5.92 Å². The topological polar surface area (TPSA) is 68.2 Å². The molecular formula is C18H24ClNO5. The van der Waals surface area contributed by atoms with Crippen LogP contribution >= 0.6 is 12.4 Å². The first kappa shape index (κ1) is 18.3. The minimum Gasteiger partial charge on any atom is -0.493 e. The standard InChI is InChI=1S/C18H23NO5.ClH/c1-19-5-4-9-6-12(20)17-15(16(9)19)10-7-13(22-2)14(23-3)8-11(10)18(21)24-17;/h7-9,12,15-17,20H,4-6H2,1-3H3;1H/t9-,12+,15+,16-,17+;/m1./s1. The van der Waals surface area contributed by atoms with Gasteiger partial charge in [-0.3, -0.25) is 0 Å². The summed E-state index contributed by atoms with van der Waals surface area (Å²) >= 11 is 0. The lowest BCUT2D eigenvalue weighted by molar-refractivity contribution is -0.0779. The van der Waals surface area contributed by atoms with Crippen molar-refractivity contribution < 1.29 is 24.1 Å². The van der Waals surface area contributed by atoms with E-state index in [9.17, 15) is 9.90 Å². The maximum Gasteiger partial charge on any atom is 0.338 e. The number of likely N-dealkylation sites (tertiary alicyclic amines) is 1. The molecule has 0 bridgehead atoms. The van der Waals surface area contributed by atoms with E-state index in [2.05, 4.69) is 11.9 Å². The second kappa shape index (κ2) is 6.67. The number of carbonyl (C=O) groups is 1. The third-order valence-electron chi connectivity index (χ3n) is 5.87. The number of aliphatic hydroxyl groups is 1. The van der Waals surface area contributed by atoms with Crippen LogP contribution in [0, 0.1) is 5.92 Å². The monoisotopic (exact) mass is 369 g/mol. The molecule has 1 aromatic carbocycles. The number of methoxy groups -OCH3 is 2. The van der Waals surface area contributed by atoms with Crippen LogP contribution in [0.15, 0.2) is 12.1 Å². The number of benzene rings is 1. The summed E-state index contributed by atoms with van der Waals surface area (Å²) in [6.07, 6.45) is 0.641. The number of halogens is 1. The predicted octanol–water partition coefficient (Wildman–Crippen LogP) is 1.83. The normalized spacial score (nSPS) is 33.4. The molecule has 2 fully saturated rings. The van der Waals surface area contributed by atoms with Gasteiger partial charge in [-0.1, -0.05) is 0 Å². The fourth-order valence-electron chi connectivity index (χ4n) is 4.80. The van der Waals surface area contributed by atoms with E-state index in [0.717, 1.165) is 18.5 Å². The average Bonchev–Trinajstić information content (AvgIpc) is 2.94. The molecule has 1 aliphatic carbocycles. The summed E-state index contributed by atoms with van der Waals surface area (Å²) in [6.45, 7) is 1.00. The van der Waals surface area contributed by atoms with Gasteiger partial charge in [0.15, 0.2) is 11.5 Å². The van der Waals surface area contributed by atoms with Gasteiger partial charge in [-0.2, -0.15) is 0 Å². The van der Waals surface area contributed by atoms with Crippen molar-refractivity contribution in [3.63, 3.8) is 0 Å². The zero-order valence-electron chi connectivity index (χ0n) is 14.6. The zero-order valence-corrected chi connectivity index (χ0v) is 15.4. The second-order valence-electron chi connectivity index (χ2n) is 7.01. The summed E-state index contributed by atoms with van der Waals surface area (Å²) in [5, 5.41) is 10.6. The molecule has 1 aromatic rings. The maximum atomic E-state index is 12.5. The third-order valence-corrected chi connectivity index (χ3v) is 5.87. The Morgan fingerprint density at radius 1 is 1.24 bits per heavy atom. The molecule has 1 saturated carbocycles. The van der Waals surface area contributed by atoms with Crippen LogP contribution in [0.4, 0.5) is 0 Å². The van der Waals surface area contributed by atoms with E-state index >= 15 is 0 Å². The summed E-state index contributed by atoms with van der Waals surface area (Å²) in [6, 6.07) is 3.84. The lowest BCUT2D eigenvalue weighted by Gasteiger charge is -2.47. The molecule has 3 aliphatic rings. The Morgan fingerprint density at radius 3 is 2.60 bits per heavy atom. The fraction of sp³-hybridized carbons (Fsp3) is 0.611. The molecule has 5 atom stereocenters. The molecule has 6 nitrogen and oxygen atoms in total. The predicted molar refractivity (Wildman–Crippen MR) is 93.9 cm³/mol. The van der Waals surface area contributed by atoms with E-state index in [0.29, 0.717) is 29.4 Å². The highest BCUT2D eigenvalue weighted by molar-refractivity contribution is 5.94. The number of hydrogen-bond acceptors (Lipinski definition) is 6. The van der Waals surface area contributed by atoms with E-state index in [-0.39, 0.29) is 24.4 Å². The molecule has 0 amide bonds. The first-order valence-corrected chi connectivity index (χ1v) is 8.40. The molecule has 0 spiro atoms. The first-order chi connectivity index (χ1) is 11.5.